The number of aliphatic hydroxyl groups is 2. The van der Waals surface area contributed by atoms with Crippen molar-refractivity contribution in [1.82, 2.24) is 30.2 Å². The average molecular weight is 984 g/mol. The number of nitrogens with one attached hydrogen (secondary N) is 2. The van der Waals surface area contributed by atoms with Gasteiger partial charge < -0.3 is 55.4 Å². The van der Waals surface area contributed by atoms with Crippen LogP contribution in [0.3, 0.4) is 0 Å². The minimum absolute atomic E-state index is 0. The number of fused-ring (bicyclic) bond motifs is 1. The third-order valence-electron chi connectivity index (χ3n) is 9.75. The van der Waals surface area contributed by atoms with Crippen molar-refractivity contribution in [2.24, 2.45) is 5.41 Å². The molecule has 3 heterocycles. The number of anilines is 1. The zero-order chi connectivity index (χ0) is 46.8. The van der Waals surface area contributed by atoms with Gasteiger partial charge in [0.2, 0.25) is 11.8 Å². The van der Waals surface area contributed by atoms with Crippen molar-refractivity contribution in [1.29, 1.82) is 0 Å². The Labute approximate surface area is 387 Å². The molecule has 2 amide bonds. The van der Waals surface area contributed by atoms with E-state index in [2.05, 4.69) is 41.3 Å². The Morgan fingerprint density at radius 3 is 2.17 bits per heavy atom. The van der Waals surface area contributed by atoms with Gasteiger partial charge in [0, 0.05) is 37.1 Å². The first kappa shape index (κ1) is 58.3. The number of hydrogen-bond acceptors (Lipinski definition) is 19. The number of carbonyl (C=O) groups is 3. The van der Waals surface area contributed by atoms with Crippen LogP contribution in [-0.2, 0) is 50.7 Å². The first-order valence-corrected chi connectivity index (χ1v) is 26.1. The predicted octanol–water partition coefficient (Wildman–Crippen LogP) is -0.262. The Hall–Kier alpha value is -1.84. The van der Waals surface area contributed by atoms with Crippen molar-refractivity contribution in [3.05, 3.63) is 12.7 Å². The molecule has 0 spiro atoms. The maximum atomic E-state index is 12.7. The summed E-state index contributed by atoms with van der Waals surface area (Å²) in [6.07, 6.45) is 6.53. The molecule has 0 radical (unpaired) electrons. The van der Waals surface area contributed by atoms with E-state index in [1.165, 1.54) is 65.2 Å². The van der Waals surface area contributed by atoms with Crippen LogP contribution in [0.5, 0.6) is 0 Å². The average Bonchev–Trinajstić information content (AvgIpc) is 3.76. The number of aliphatic hydroxyl groups excluding tert-OH is 2. The van der Waals surface area contributed by atoms with Gasteiger partial charge in [0.15, 0.2) is 22.8 Å². The van der Waals surface area contributed by atoms with E-state index in [-0.39, 0.29) is 60.5 Å². The van der Waals surface area contributed by atoms with E-state index in [9.17, 15) is 57.9 Å². The number of nitrogens with zero attached hydrogens (tertiary/aromatic N) is 4. The third kappa shape index (κ3) is 20.6. The van der Waals surface area contributed by atoms with Crippen LogP contribution in [0.2, 0.25) is 0 Å². The first-order valence-electron chi connectivity index (χ1n) is 20.6. The van der Waals surface area contributed by atoms with Crippen LogP contribution in [0, 0.1) is 5.41 Å². The molecule has 1 aliphatic heterocycles. The maximum Gasteiger partial charge on any atom is 1.00 e. The number of thioether (sulfide) groups is 1. The van der Waals surface area contributed by atoms with Crippen molar-refractivity contribution in [3.8, 4) is 0 Å². The standard InChI is InChI=1S/C35H62N7O17P3S.Li/c1-4-5-6-7-8-9-10-11-12-13-14-15-26(44)63-19-18-37-25(43)16-17-38-33(47)30(46)35(2,3)21-56-62(53,54)59-61(51,52)55-20-24-29(58-60(48,49)50)28(45)34(57-24)42-23-41-27-31(36)39-22-40-32(27)42;/h22-24,28-30,34,45-46H,4-21H2,1-3H3,(H,37,43)(H,38,47)(H,51,52)(H,53,54)(H2,36,39,40)(H2,48,49,50);/q;+1/p-1/t24-,28-,29-,30+,34-;/m1./s1. The Morgan fingerprint density at radius 1 is 0.938 bits per heavy atom. The summed E-state index contributed by atoms with van der Waals surface area (Å²) in [6.45, 7) is 2.74. The molecule has 24 nitrogen and oxygen atoms in total. The second kappa shape index (κ2) is 27.8. The van der Waals surface area contributed by atoms with E-state index in [1.807, 2.05) is 0 Å². The zero-order valence-electron chi connectivity index (χ0n) is 36.5. The van der Waals surface area contributed by atoms with Crippen LogP contribution < -0.4 is 40.1 Å². The first-order chi connectivity index (χ1) is 29.6. The molecule has 64 heavy (non-hydrogen) atoms. The molecule has 0 aromatic carbocycles. The number of aromatic nitrogens is 4. The van der Waals surface area contributed by atoms with E-state index < -0.39 is 84.6 Å². The molecule has 360 valence electrons. The molecule has 3 unspecified atom stereocenters. The van der Waals surface area contributed by atoms with Gasteiger partial charge in [-0.15, -0.1) is 0 Å². The van der Waals surface area contributed by atoms with Crippen LogP contribution in [0.1, 0.15) is 110 Å². The van der Waals surface area contributed by atoms with E-state index in [0.717, 1.165) is 48.2 Å². The van der Waals surface area contributed by atoms with Gasteiger partial charge in [-0.25, -0.2) is 24.1 Å². The largest absolute Gasteiger partial charge is 1.00 e. The van der Waals surface area contributed by atoms with E-state index in [0.29, 0.717) is 12.2 Å². The summed E-state index contributed by atoms with van der Waals surface area (Å²) in [5.74, 6) is -1.04. The van der Waals surface area contributed by atoms with Crippen molar-refractivity contribution in [2.75, 3.05) is 37.8 Å². The number of hydrogen-bond donors (Lipinski definition) is 8. The summed E-state index contributed by atoms with van der Waals surface area (Å²) in [5, 5.41) is 26.6. The maximum absolute atomic E-state index is 12.7. The number of ether oxygens (including phenoxy) is 1. The normalized spacial score (nSPS) is 21.0. The quantitative estimate of drug-likeness (QED) is 0.0274. The Kier molecular flexibility index (Phi) is 25.4. The second-order valence-electron chi connectivity index (χ2n) is 15.6. The minimum Gasteiger partial charge on any atom is -0.756 e. The van der Waals surface area contributed by atoms with Crippen LogP contribution in [0.4, 0.5) is 5.82 Å². The number of phosphoric acid groups is 3. The molecule has 8 atom stereocenters. The van der Waals surface area contributed by atoms with Gasteiger partial charge in [0.25, 0.3) is 7.82 Å². The van der Waals surface area contributed by atoms with Gasteiger partial charge in [0.1, 0.15) is 36.3 Å². The Morgan fingerprint density at radius 2 is 1.55 bits per heavy atom. The molecule has 3 rings (SSSR count). The van der Waals surface area contributed by atoms with Gasteiger partial charge >= 0.3 is 34.5 Å². The number of carbonyl (C=O) groups excluding carboxylic acids is 3. The molecule has 0 aliphatic carbocycles. The number of unbranched alkanes of at least 4 members (excludes halogenated alkanes) is 10. The van der Waals surface area contributed by atoms with E-state index in [4.69, 9.17) is 19.5 Å². The van der Waals surface area contributed by atoms with Crippen molar-refractivity contribution in [2.45, 2.75) is 135 Å². The molecule has 2 aromatic heterocycles. The summed E-state index contributed by atoms with van der Waals surface area (Å²) in [7, 11) is -16.7. The van der Waals surface area contributed by atoms with Crippen molar-refractivity contribution < 1.29 is 99.3 Å². The third-order valence-corrected chi connectivity index (χ3v) is 13.8. The van der Waals surface area contributed by atoms with E-state index in [1.54, 1.807) is 0 Å². The topological polar surface area (TPSA) is 366 Å². The summed E-state index contributed by atoms with van der Waals surface area (Å²) in [5.41, 5.74) is 4.24. The summed E-state index contributed by atoms with van der Waals surface area (Å²) >= 11 is 1.15. The number of rotatable bonds is 31. The molecule has 2 aromatic rings. The fourth-order valence-corrected chi connectivity index (χ4v) is 9.84. The number of phosphoric ester groups is 3. The van der Waals surface area contributed by atoms with Gasteiger partial charge in [-0.1, -0.05) is 96.7 Å². The zero-order valence-corrected chi connectivity index (χ0v) is 40.0. The molecule has 1 saturated heterocycles. The van der Waals surface area contributed by atoms with Crippen molar-refractivity contribution >= 4 is 69.1 Å². The number of imidazole rings is 1. The number of nitrogens with two attached hydrogens (primary N) is 1. The van der Waals surface area contributed by atoms with Crippen LogP contribution >= 0.6 is 35.2 Å². The fourth-order valence-electron chi connectivity index (χ4n) is 6.30. The van der Waals surface area contributed by atoms with Gasteiger partial charge in [0.05, 0.1) is 19.5 Å². The monoisotopic (exact) mass is 983 g/mol. The Bertz CT molecular complexity index is 1930. The van der Waals surface area contributed by atoms with Gasteiger partial charge in [-0.3, -0.25) is 32.6 Å². The van der Waals surface area contributed by atoms with E-state index >= 15 is 0 Å². The summed E-state index contributed by atoms with van der Waals surface area (Å²) in [6, 6.07) is 0. The molecular formula is C35H61LiN7O17P3S. The van der Waals surface area contributed by atoms with Gasteiger partial charge in [-0.2, -0.15) is 4.31 Å². The molecule has 0 bridgehead atoms. The fraction of sp³-hybridized carbons (Fsp3) is 0.771. The molecule has 1 aliphatic rings. The summed E-state index contributed by atoms with van der Waals surface area (Å²) in [4.78, 5) is 90.1. The Balaban J connectivity index is 0.0000141. The smallest absolute Gasteiger partial charge is 0.756 e. The number of nitrogen functional groups attached to an aromatic ring is 1. The van der Waals surface area contributed by atoms with Crippen LogP contribution in [-0.4, -0.2) is 118 Å². The van der Waals surface area contributed by atoms with Crippen molar-refractivity contribution in [3.63, 3.8) is 0 Å². The molecule has 9 N–H and O–H groups in total. The molecular weight excluding hydrogens is 922 g/mol. The second-order valence-corrected chi connectivity index (χ2v) is 20.9. The van der Waals surface area contributed by atoms with Crippen LogP contribution in [0.15, 0.2) is 12.7 Å². The van der Waals surface area contributed by atoms with Crippen LogP contribution in [0.25, 0.3) is 11.2 Å². The molecule has 0 saturated carbocycles. The summed E-state index contributed by atoms with van der Waals surface area (Å²) < 4.78 is 62.0. The molecule has 1 fully saturated rings. The number of amides is 2. The predicted molar refractivity (Wildman–Crippen MR) is 226 cm³/mol. The SMILES string of the molecule is CCCCCCCCCCCCCC(=O)SCCNC(=O)CCNC(=O)[C@H](O)C(C)(C)COP(=O)(O)OP(=O)(O)OC[C@H]1O[C@@H](n2cnc3c(N)ncnc32)[C@H](O)[C@@H]1OP(=O)([O-])O.[Li+]. The van der Waals surface area contributed by atoms with Gasteiger partial charge in [-0.05, 0) is 6.42 Å². The molecule has 29 heteroatoms. The minimum atomic E-state index is -5.59.